The summed E-state index contributed by atoms with van der Waals surface area (Å²) in [5.74, 6) is 0.113. The molecule has 0 saturated heterocycles. The molecule has 2 rings (SSSR count). The molecule has 2 aromatic carbocycles. The van der Waals surface area contributed by atoms with Crippen LogP contribution in [0, 0.1) is 0 Å². The third-order valence-electron chi connectivity index (χ3n) is 8.31. The number of benzene rings is 2. The maximum Gasteiger partial charge on any atom is 0.104 e. The Balaban J connectivity index is 0.000000474. The van der Waals surface area contributed by atoms with Gasteiger partial charge in [-0.25, -0.2) is 0 Å². The third kappa shape index (κ3) is 23.5. The Bertz CT molecular complexity index is 798. The smallest absolute Gasteiger partial charge is 0.104 e. The second kappa shape index (κ2) is 25.9. The van der Waals surface area contributed by atoms with Crippen molar-refractivity contribution in [1.82, 2.24) is 0 Å². The molecule has 0 radical (unpaired) electrons. The Labute approximate surface area is 256 Å². The lowest BCUT2D eigenvalue weighted by atomic mass is 10.0. The van der Waals surface area contributed by atoms with E-state index < -0.39 is 0 Å². The van der Waals surface area contributed by atoms with E-state index in [2.05, 4.69) is 58.3 Å². The van der Waals surface area contributed by atoms with Gasteiger partial charge >= 0.3 is 0 Å². The normalized spacial score (nSPS) is 11.3. The van der Waals surface area contributed by atoms with Gasteiger partial charge in [-0.15, -0.1) is 5.75 Å². The van der Waals surface area contributed by atoms with Crippen molar-refractivity contribution < 1.29 is 9.59 Å². The molecule has 0 unspecified atom stereocenters. The average molecular weight is 566 g/mol. The van der Waals surface area contributed by atoms with Crippen LogP contribution in [0.4, 0.5) is 0 Å². The minimum atomic E-state index is 0.113. The maximum atomic E-state index is 10.9. The summed E-state index contributed by atoms with van der Waals surface area (Å²) in [4.78, 5) is 0. The third-order valence-corrected chi connectivity index (χ3v) is 8.31. The Morgan fingerprint density at radius 2 is 0.878 bits per heavy atom. The first kappa shape index (κ1) is 37.2. The quantitative estimate of drug-likeness (QED) is 0.0916. The summed E-state index contributed by atoms with van der Waals surface area (Å²) in [6, 6.07) is 18.2. The number of hydrogen-bond donors (Lipinski definition) is 0. The second-order valence-corrected chi connectivity index (χ2v) is 13.1. The van der Waals surface area contributed by atoms with Crippen LogP contribution in [-0.4, -0.2) is 25.1 Å². The standard InChI is InChI=1S/C25H46N.C14H22O/c1-4-5-6-7-8-9-10-11-12-13-14-15-16-20-23-26(2,3)24-25-21-18-17-19-22-25;1-2-3-4-5-6-7-8-13-9-11-14(15)12-10-13/h17-19,21-22H,4-16,20,23-24H2,1-3H3;9-12,15H,2-8H2,1H3/q+1;/p-1. The molecule has 0 heterocycles. The van der Waals surface area contributed by atoms with Gasteiger partial charge in [0.1, 0.15) is 6.54 Å². The molecule has 0 aliphatic carbocycles. The minimum absolute atomic E-state index is 0.113. The highest BCUT2D eigenvalue weighted by molar-refractivity contribution is 5.24. The van der Waals surface area contributed by atoms with Gasteiger partial charge in [0.05, 0.1) is 20.6 Å². The van der Waals surface area contributed by atoms with Crippen molar-refractivity contribution in [3.63, 3.8) is 0 Å². The lowest BCUT2D eigenvalue weighted by Gasteiger charge is -2.30. The van der Waals surface area contributed by atoms with E-state index in [1.807, 2.05) is 12.1 Å². The van der Waals surface area contributed by atoms with Gasteiger partial charge in [-0.05, 0) is 31.2 Å². The van der Waals surface area contributed by atoms with Crippen LogP contribution in [0.15, 0.2) is 54.6 Å². The summed E-state index contributed by atoms with van der Waals surface area (Å²) in [6.07, 6.45) is 29.3. The molecule has 0 bridgehead atoms. The molecular formula is C39H67NO. The Morgan fingerprint density at radius 1 is 0.463 bits per heavy atom. The molecular weight excluding hydrogens is 498 g/mol. The maximum absolute atomic E-state index is 10.9. The average Bonchev–Trinajstić information content (AvgIpc) is 2.96. The van der Waals surface area contributed by atoms with Crippen molar-refractivity contribution in [2.45, 2.75) is 155 Å². The van der Waals surface area contributed by atoms with Crippen LogP contribution in [0.2, 0.25) is 0 Å². The lowest BCUT2D eigenvalue weighted by molar-refractivity contribution is -0.903. The van der Waals surface area contributed by atoms with Gasteiger partial charge in [-0.3, -0.25) is 0 Å². The summed E-state index contributed by atoms with van der Waals surface area (Å²) in [5.41, 5.74) is 2.76. The van der Waals surface area contributed by atoms with E-state index in [-0.39, 0.29) is 5.75 Å². The van der Waals surface area contributed by atoms with E-state index in [4.69, 9.17) is 0 Å². The Hall–Kier alpha value is -1.80. The monoisotopic (exact) mass is 566 g/mol. The van der Waals surface area contributed by atoms with E-state index in [1.54, 1.807) is 12.1 Å². The topological polar surface area (TPSA) is 23.1 Å². The summed E-state index contributed by atoms with van der Waals surface area (Å²) in [6.45, 7) is 6.99. The van der Waals surface area contributed by atoms with Crippen molar-refractivity contribution >= 4 is 0 Å². The van der Waals surface area contributed by atoms with Crippen LogP contribution in [-0.2, 0) is 13.0 Å². The number of hydrogen-bond acceptors (Lipinski definition) is 1. The molecule has 0 aliphatic rings. The Kier molecular flexibility index (Phi) is 23.5. The molecule has 0 spiro atoms. The number of nitrogens with zero attached hydrogens (tertiary/aromatic N) is 1. The molecule has 2 nitrogen and oxygen atoms in total. The van der Waals surface area contributed by atoms with Gasteiger partial charge in [0.2, 0.25) is 0 Å². The first-order chi connectivity index (χ1) is 20.0. The molecule has 0 fully saturated rings. The fourth-order valence-electron chi connectivity index (χ4n) is 5.66. The van der Waals surface area contributed by atoms with Crippen LogP contribution in [0.5, 0.6) is 5.75 Å². The van der Waals surface area contributed by atoms with E-state index in [9.17, 15) is 5.11 Å². The number of quaternary nitrogens is 1. The number of unbranched alkanes of at least 4 members (excludes halogenated alkanes) is 18. The molecule has 234 valence electrons. The molecule has 0 amide bonds. The van der Waals surface area contributed by atoms with Crippen molar-refractivity contribution in [2.24, 2.45) is 0 Å². The lowest BCUT2D eigenvalue weighted by Crippen LogP contribution is -2.39. The highest BCUT2D eigenvalue weighted by Crippen LogP contribution is 2.15. The fourth-order valence-corrected chi connectivity index (χ4v) is 5.66. The number of rotatable bonds is 24. The molecule has 0 saturated carbocycles. The predicted molar refractivity (Wildman–Crippen MR) is 180 cm³/mol. The van der Waals surface area contributed by atoms with E-state index in [0.717, 1.165) is 17.4 Å². The highest BCUT2D eigenvalue weighted by atomic mass is 16.3. The molecule has 41 heavy (non-hydrogen) atoms. The highest BCUT2D eigenvalue weighted by Gasteiger charge is 2.14. The molecule has 0 atom stereocenters. The van der Waals surface area contributed by atoms with Crippen LogP contribution in [0.1, 0.15) is 153 Å². The van der Waals surface area contributed by atoms with Gasteiger partial charge in [0.25, 0.3) is 0 Å². The largest absolute Gasteiger partial charge is 0.872 e. The predicted octanol–water partition coefficient (Wildman–Crippen LogP) is 11.4. The van der Waals surface area contributed by atoms with Crippen LogP contribution >= 0.6 is 0 Å². The summed E-state index contributed by atoms with van der Waals surface area (Å²) < 4.78 is 1.11. The fraction of sp³-hybridized carbons (Fsp3) is 0.692. The van der Waals surface area contributed by atoms with Gasteiger partial charge in [0.15, 0.2) is 0 Å². The first-order valence-electron chi connectivity index (χ1n) is 17.6. The van der Waals surface area contributed by atoms with Crippen LogP contribution in [0.3, 0.4) is 0 Å². The van der Waals surface area contributed by atoms with E-state index >= 15 is 0 Å². The number of aryl methyl sites for hydroxylation is 1. The van der Waals surface area contributed by atoms with Crippen molar-refractivity contribution in [3.05, 3.63) is 65.7 Å². The summed E-state index contributed by atoms with van der Waals surface area (Å²) in [7, 11) is 4.74. The van der Waals surface area contributed by atoms with Crippen LogP contribution in [0.25, 0.3) is 0 Å². The minimum Gasteiger partial charge on any atom is -0.872 e. The molecule has 0 aliphatic heterocycles. The van der Waals surface area contributed by atoms with Gasteiger partial charge in [-0.2, -0.15) is 0 Å². The zero-order valence-corrected chi connectivity index (χ0v) is 27.8. The van der Waals surface area contributed by atoms with Crippen molar-refractivity contribution in [1.29, 1.82) is 0 Å². The van der Waals surface area contributed by atoms with Crippen molar-refractivity contribution in [2.75, 3.05) is 20.6 Å². The van der Waals surface area contributed by atoms with Gasteiger partial charge < -0.3 is 9.59 Å². The summed E-state index contributed by atoms with van der Waals surface area (Å²) >= 11 is 0. The van der Waals surface area contributed by atoms with Crippen LogP contribution < -0.4 is 5.11 Å². The van der Waals surface area contributed by atoms with Gasteiger partial charge in [0, 0.05) is 5.56 Å². The SMILES string of the molecule is CCCCCCCCCCCCCCCC[N+](C)(C)Cc1ccccc1.CCCCCCCCc1ccc([O-])cc1. The van der Waals surface area contributed by atoms with Crippen molar-refractivity contribution in [3.8, 4) is 5.75 Å². The second-order valence-electron chi connectivity index (χ2n) is 13.1. The van der Waals surface area contributed by atoms with E-state index in [1.165, 1.54) is 146 Å². The van der Waals surface area contributed by atoms with Gasteiger partial charge in [-0.1, -0.05) is 178 Å². The molecule has 2 aromatic rings. The Morgan fingerprint density at radius 3 is 1.34 bits per heavy atom. The molecule has 0 N–H and O–H groups in total. The molecule has 0 aromatic heterocycles. The zero-order chi connectivity index (χ0) is 29.9. The van der Waals surface area contributed by atoms with E-state index in [0.29, 0.717) is 0 Å². The zero-order valence-electron chi connectivity index (χ0n) is 27.8. The summed E-state index contributed by atoms with van der Waals surface area (Å²) in [5, 5.41) is 10.9. The molecule has 2 heteroatoms. The first-order valence-corrected chi connectivity index (χ1v) is 17.6.